The van der Waals surface area contributed by atoms with E-state index in [0.717, 1.165) is 32.8 Å². The Balaban J connectivity index is 1.71. The topological polar surface area (TPSA) is 60.0 Å². The van der Waals surface area contributed by atoms with Gasteiger partial charge in [-0.1, -0.05) is 6.07 Å². The molecule has 0 aliphatic carbocycles. The molecule has 0 unspecified atom stereocenters. The van der Waals surface area contributed by atoms with Crippen LogP contribution in [0.2, 0.25) is 0 Å². The first-order valence-electron chi connectivity index (χ1n) is 7.57. The molecule has 2 rings (SSSR count). The summed E-state index contributed by atoms with van der Waals surface area (Å²) in [6.45, 7) is 6.57. The predicted molar refractivity (Wildman–Crippen MR) is 83.4 cm³/mol. The number of hydrogen-bond donors (Lipinski definition) is 1. The van der Waals surface area contributed by atoms with Gasteiger partial charge in [-0.25, -0.2) is 0 Å². The van der Waals surface area contributed by atoms with Crippen molar-refractivity contribution in [2.24, 2.45) is 0 Å². The lowest BCUT2D eigenvalue weighted by atomic mass is 10.3. The van der Waals surface area contributed by atoms with Crippen LogP contribution in [0.1, 0.15) is 6.92 Å². The highest BCUT2D eigenvalue weighted by atomic mass is 16.5. The number of carbonyl (C=O) groups is 1. The fourth-order valence-electron chi connectivity index (χ4n) is 2.24. The van der Waals surface area contributed by atoms with Crippen LogP contribution >= 0.6 is 0 Å². The van der Waals surface area contributed by atoms with Gasteiger partial charge in [0, 0.05) is 32.2 Å². The molecule has 6 heteroatoms. The van der Waals surface area contributed by atoms with Gasteiger partial charge >= 0.3 is 0 Å². The molecule has 1 aromatic carbocycles. The number of nitrogens with zero attached hydrogens (tertiary/aromatic N) is 1. The van der Waals surface area contributed by atoms with E-state index in [-0.39, 0.29) is 5.91 Å². The Bertz CT molecular complexity index is 475. The molecule has 1 N–H and O–H groups in total. The van der Waals surface area contributed by atoms with E-state index >= 15 is 0 Å². The second kappa shape index (κ2) is 8.60. The minimum atomic E-state index is -0.545. The maximum Gasteiger partial charge on any atom is 0.260 e. The molecular formula is C16H24N2O4. The standard InChI is InChI=1S/C16H24N2O4/c1-13(22-15-5-3-4-14(12-15)20-2)16(19)17-6-7-18-8-10-21-11-9-18/h3-5,12-13H,6-11H2,1-2H3,(H,17,19)/t13-/m1/s1. The molecule has 0 bridgehead atoms. The molecule has 0 saturated carbocycles. The number of rotatable bonds is 7. The summed E-state index contributed by atoms with van der Waals surface area (Å²) in [7, 11) is 1.60. The van der Waals surface area contributed by atoms with Gasteiger partial charge in [0.1, 0.15) is 11.5 Å². The monoisotopic (exact) mass is 308 g/mol. The molecule has 1 fully saturated rings. The van der Waals surface area contributed by atoms with Gasteiger partial charge in [-0.15, -0.1) is 0 Å². The van der Waals surface area contributed by atoms with Gasteiger partial charge < -0.3 is 19.5 Å². The van der Waals surface area contributed by atoms with Gasteiger partial charge in [-0.05, 0) is 19.1 Å². The predicted octanol–water partition coefficient (Wildman–Crippen LogP) is 0.911. The highest BCUT2D eigenvalue weighted by Crippen LogP contribution is 2.19. The lowest BCUT2D eigenvalue weighted by Gasteiger charge is -2.26. The number of morpholine rings is 1. The average molecular weight is 308 g/mol. The van der Waals surface area contributed by atoms with Gasteiger partial charge in [0.15, 0.2) is 6.10 Å². The van der Waals surface area contributed by atoms with Crippen molar-refractivity contribution in [1.29, 1.82) is 0 Å². The molecule has 1 amide bonds. The van der Waals surface area contributed by atoms with Crippen molar-refractivity contribution in [3.63, 3.8) is 0 Å². The Hall–Kier alpha value is -1.79. The zero-order valence-electron chi connectivity index (χ0n) is 13.2. The highest BCUT2D eigenvalue weighted by Gasteiger charge is 2.15. The quantitative estimate of drug-likeness (QED) is 0.811. The van der Waals surface area contributed by atoms with E-state index in [1.165, 1.54) is 0 Å². The van der Waals surface area contributed by atoms with Crippen LogP contribution in [0.15, 0.2) is 24.3 Å². The molecule has 1 aliphatic rings. The summed E-state index contributed by atoms with van der Waals surface area (Å²) >= 11 is 0. The third-order valence-electron chi connectivity index (χ3n) is 3.55. The minimum absolute atomic E-state index is 0.115. The molecule has 22 heavy (non-hydrogen) atoms. The number of nitrogens with one attached hydrogen (secondary N) is 1. The molecule has 0 spiro atoms. The number of methoxy groups -OCH3 is 1. The maximum absolute atomic E-state index is 12.0. The Morgan fingerprint density at radius 1 is 1.36 bits per heavy atom. The second-order valence-corrected chi connectivity index (χ2v) is 5.18. The van der Waals surface area contributed by atoms with Crippen LogP contribution in [-0.4, -0.2) is 63.4 Å². The molecule has 1 aromatic rings. The smallest absolute Gasteiger partial charge is 0.260 e. The van der Waals surface area contributed by atoms with Gasteiger partial charge in [-0.3, -0.25) is 9.69 Å². The van der Waals surface area contributed by atoms with Gasteiger partial charge in [0.2, 0.25) is 0 Å². The molecule has 6 nitrogen and oxygen atoms in total. The molecule has 1 atom stereocenters. The molecule has 0 radical (unpaired) electrons. The summed E-state index contributed by atoms with van der Waals surface area (Å²) in [5.41, 5.74) is 0. The van der Waals surface area contributed by atoms with E-state index in [9.17, 15) is 4.79 Å². The lowest BCUT2D eigenvalue weighted by Crippen LogP contribution is -2.43. The summed E-state index contributed by atoms with van der Waals surface area (Å²) in [5, 5.41) is 2.90. The lowest BCUT2D eigenvalue weighted by molar-refractivity contribution is -0.127. The largest absolute Gasteiger partial charge is 0.497 e. The van der Waals surface area contributed by atoms with Crippen molar-refractivity contribution in [3.8, 4) is 11.5 Å². The Kier molecular flexibility index (Phi) is 6.48. The number of hydrogen-bond acceptors (Lipinski definition) is 5. The summed E-state index contributed by atoms with van der Waals surface area (Å²) in [4.78, 5) is 14.3. The number of amides is 1. The van der Waals surface area contributed by atoms with E-state index in [1.54, 1.807) is 26.2 Å². The van der Waals surface area contributed by atoms with E-state index < -0.39 is 6.10 Å². The van der Waals surface area contributed by atoms with Crippen LogP contribution in [0.3, 0.4) is 0 Å². The van der Waals surface area contributed by atoms with Crippen molar-refractivity contribution < 1.29 is 19.0 Å². The first kappa shape index (κ1) is 16.6. The first-order valence-corrected chi connectivity index (χ1v) is 7.57. The van der Waals surface area contributed by atoms with Crippen LogP contribution in [0.25, 0.3) is 0 Å². The zero-order valence-corrected chi connectivity index (χ0v) is 13.2. The fourth-order valence-corrected chi connectivity index (χ4v) is 2.24. The molecule has 1 saturated heterocycles. The second-order valence-electron chi connectivity index (χ2n) is 5.18. The number of ether oxygens (including phenoxy) is 3. The van der Waals surface area contributed by atoms with Crippen molar-refractivity contribution in [3.05, 3.63) is 24.3 Å². The SMILES string of the molecule is COc1cccc(O[C@H](C)C(=O)NCCN2CCOCC2)c1. The number of carbonyl (C=O) groups excluding carboxylic acids is 1. The Labute approximate surface area is 131 Å². The molecule has 0 aromatic heterocycles. The average Bonchev–Trinajstić information content (AvgIpc) is 2.56. The summed E-state index contributed by atoms with van der Waals surface area (Å²) in [6, 6.07) is 7.23. The molecule has 1 aliphatic heterocycles. The molecule has 122 valence electrons. The Morgan fingerprint density at radius 2 is 2.09 bits per heavy atom. The van der Waals surface area contributed by atoms with Crippen LogP contribution < -0.4 is 14.8 Å². The summed E-state index contributed by atoms with van der Waals surface area (Å²) in [5.74, 6) is 1.21. The van der Waals surface area contributed by atoms with Gasteiger partial charge in [0.05, 0.1) is 20.3 Å². The first-order chi connectivity index (χ1) is 10.7. The summed E-state index contributed by atoms with van der Waals surface area (Å²) < 4.78 is 16.1. The third kappa shape index (κ3) is 5.20. The van der Waals surface area contributed by atoms with Gasteiger partial charge in [0.25, 0.3) is 5.91 Å². The van der Waals surface area contributed by atoms with E-state index in [0.29, 0.717) is 18.0 Å². The van der Waals surface area contributed by atoms with E-state index in [4.69, 9.17) is 14.2 Å². The minimum Gasteiger partial charge on any atom is -0.497 e. The molecular weight excluding hydrogens is 284 g/mol. The van der Waals surface area contributed by atoms with E-state index in [2.05, 4.69) is 10.2 Å². The zero-order chi connectivity index (χ0) is 15.8. The van der Waals surface area contributed by atoms with E-state index in [1.807, 2.05) is 12.1 Å². The van der Waals surface area contributed by atoms with Crippen LogP contribution in [0.4, 0.5) is 0 Å². The van der Waals surface area contributed by atoms with Crippen LogP contribution in [-0.2, 0) is 9.53 Å². The summed E-state index contributed by atoms with van der Waals surface area (Å²) in [6.07, 6.45) is -0.545. The van der Waals surface area contributed by atoms with Gasteiger partial charge in [-0.2, -0.15) is 0 Å². The van der Waals surface area contributed by atoms with Crippen LogP contribution in [0.5, 0.6) is 11.5 Å². The fraction of sp³-hybridized carbons (Fsp3) is 0.562. The third-order valence-corrected chi connectivity index (χ3v) is 3.55. The van der Waals surface area contributed by atoms with Crippen LogP contribution in [0, 0.1) is 0 Å². The highest BCUT2D eigenvalue weighted by molar-refractivity contribution is 5.80. The van der Waals surface area contributed by atoms with Crippen molar-refractivity contribution in [1.82, 2.24) is 10.2 Å². The Morgan fingerprint density at radius 3 is 2.82 bits per heavy atom. The maximum atomic E-state index is 12.0. The normalized spacial score (nSPS) is 16.8. The van der Waals surface area contributed by atoms with Crippen molar-refractivity contribution >= 4 is 5.91 Å². The van der Waals surface area contributed by atoms with Crippen molar-refractivity contribution in [2.45, 2.75) is 13.0 Å². The number of benzene rings is 1. The van der Waals surface area contributed by atoms with Crippen molar-refractivity contribution in [2.75, 3.05) is 46.5 Å². The molecule has 1 heterocycles.